The van der Waals surface area contributed by atoms with E-state index in [9.17, 15) is 4.79 Å². The van der Waals surface area contributed by atoms with Crippen LogP contribution in [0.3, 0.4) is 0 Å². The first kappa shape index (κ1) is 12.0. The molecule has 4 nitrogen and oxygen atoms in total. The Hall–Kier alpha value is -1.06. The van der Waals surface area contributed by atoms with Crippen molar-refractivity contribution in [1.82, 2.24) is 0 Å². The molecule has 1 heterocycles. The number of carbonyl (C=O) groups is 2. The molecule has 0 radical (unpaired) electrons. The number of esters is 1. The fourth-order valence-electron chi connectivity index (χ4n) is 2.33. The summed E-state index contributed by atoms with van der Waals surface area (Å²) < 4.78 is 5.32. The molecule has 2 rings (SSSR count). The Morgan fingerprint density at radius 1 is 1.60 bits per heavy atom. The number of carboxylic acid groups (broad SMARTS) is 1. The van der Waals surface area contributed by atoms with Gasteiger partial charge in [-0.1, -0.05) is 19.8 Å². The Labute approximate surface area is 89.6 Å². The predicted molar refractivity (Wildman–Crippen MR) is 54.4 cm³/mol. The lowest BCUT2D eigenvalue weighted by molar-refractivity contribution is -0.152. The minimum Gasteiger partial charge on any atom is -0.483 e. The maximum Gasteiger partial charge on any atom is 0.312 e. The second-order valence-corrected chi connectivity index (χ2v) is 4.26. The first-order chi connectivity index (χ1) is 7.18. The van der Waals surface area contributed by atoms with Gasteiger partial charge in [-0.25, -0.2) is 0 Å². The summed E-state index contributed by atoms with van der Waals surface area (Å²) in [5.41, 5.74) is -0.0141. The first-order valence-corrected chi connectivity index (χ1v) is 5.47. The van der Waals surface area contributed by atoms with Crippen molar-refractivity contribution in [2.24, 2.45) is 5.41 Å². The third-order valence-electron chi connectivity index (χ3n) is 3.25. The zero-order chi connectivity index (χ0) is 11.3. The van der Waals surface area contributed by atoms with Gasteiger partial charge in [-0.2, -0.15) is 0 Å². The number of hydrogen-bond donors (Lipinski definition) is 1. The molecular weight excluding hydrogens is 196 g/mol. The fraction of sp³-hybridized carbons (Fsp3) is 0.818. The van der Waals surface area contributed by atoms with Crippen LogP contribution in [-0.4, -0.2) is 23.7 Å². The van der Waals surface area contributed by atoms with Gasteiger partial charge in [0.15, 0.2) is 0 Å². The summed E-state index contributed by atoms with van der Waals surface area (Å²) in [6, 6.07) is 0. The van der Waals surface area contributed by atoms with Crippen LogP contribution in [0.1, 0.15) is 45.4 Å². The molecule has 1 atom stereocenters. The van der Waals surface area contributed by atoms with Crippen LogP contribution in [0.5, 0.6) is 0 Å². The quantitative estimate of drug-likeness (QED) is 0.564. The normalized spacial score (nSPS) is 26.2. The minimum atomic E-state index is -0.250. The molecule has 2 fully saturated rings. The van der Waals surface area contributed by atoms with E-state index in [4.69, 9.17) is 14.6 Å². The van der Waals surface area contributed by atoms with Gasteiger partial charge in [0.05, 0.1) is 5.41 Å². The molecule has 0 bridgehead atoms. The minimum absolute atomic E-state index is 0.0141. The highest BCUT2D eigenvalue weighted by atomic mass is 16.6. The molecule has 1 aliphatic heterocycles. The Morgan fingerprint density at radius 2 is 2.20 bits per heavy atom. The highest BCUT2D eigenvalue weighted by molar-refractivity contribution is 5.80. The number of carbonyl (C=O) groups excluding carboxylic acids is 1. The van der Waals surface area contributed by atoms with Crippen molar-refractivity contribution in [2.75, 3.05) is 0 Å². The summed E-state index contributed by atoms with van der Waals surface area (Å²) in [6.45, 7) is 1.89. The van der Waals surface area contributed by atoms with E-state index < -0.39 is 0 Å². The largest absolute Gasteiger partial charge is 0.483 e. The molecule has 1 N–H and O–H groups in total. The van der Waals surface area contributed by atoms with Gasteiger partial charge in [0.2, 0.25) is 0 Å². The predicted octanol–water partition coefficient (Wildman–Crippen LogP) is 1.97. The van der Waals surface area contributed by atoms with Gasteiger partial charge >= 0.3 is 5.97 Å². The van der Waals surface area contributed by atoms with E-state index in [2.05, 4.69) is 6.92 Å². The van der Waals surface area contributed by atoms with Gasteiger partial charge in [0.25, 0.3) is 6.47 Å². The fourth-order valence-corrected chi connectivity index (χ4v) is 2.33. The van der Waals surface area contributed by atoms with Crippen molar-refractivity contribution in [3.8, 4) is 0 Å². The highest BCUT2D eigenvalue weighted by Gasteiger charge is 2.52. The van der Waals surface area contributed by atoms with Crippen LogP contribution < -0.4 is 0 Å². The second-order valence-electron chi connectivity index (χ2n) is 4.26. The number of rotatable bonds is 2. The van der Waals surface area contributed by atoms with Gasteiger partial charge in [-0.15, -0.1) is 0 Å². The van der Waals surface area contributed by atoms with Gasteiger partial charge in [0.1, 0.15) is 6.10 Å². The van der Waals surface area contributed by atoms with Crippen molar-refractivity contribution < 1.29 is 19.4 Å². The molecule has 1 spiro atoms. The molecule has 4 heteroatoms. The van der Waals surface area contributed by atoms with Gasteiger partial charge in [-0.3, -0.25) is 9.59 Å². The van der Waals surface area contributed by atoms with Crippen molar-refractivity contribution >= 4 is 12.4 Å². The van der Waals surface area contributed by atoms with Crippen LogP contribution >= 0.6 is 0 Å². The van der Waals surface area contributed by atoms with E-state index in [-0.39, 0.29) is 24.0 Å². The van der Waals surface area contributed by atoms with E-state index in [0.29, 0.717) is 0 Å². The molecule has 0 aromatic rings. The van der Waals surface area contributed by atoms with E-state index in [0.717, 1.165) is 32.1 Å². The summed E-state index contributed by atoms with van der Waals surface area (Å²) in [5.74, 6) is 0.0900. The molecule has 1 saturated heterocycles. The van der Waals surface area contributed by atoms with Crippen LogP contribution in [-0.2, 0) is 14.3 Å². The van der Waals surface area contributed by atoms with Crippen molar-refractivity contribution in [3.63, 3.8) is 0 Å². The zero-order valence-electron chi connectivity index (χ0n) is 9.07. The monoisotopic (exact) mass is 214 g/mol. The van der Waals surface area contributed by atoms with Crippen molar-refractivity contribution in [2.45, 2.75) is 51.6 Å². The Kier molecular flexibility index (Phi) is 4.12. The maximum atomic E-state index is 11.4. The van der Waals surface area contributed by atoms with Crippen molar-refractivity contribution in [1.29, 1.82) is 0 Å². The third kappa shape index (κ3) is 2.49. The van der Waals surface area contributed by atoms with Gasteiger partial charge < -0.3 is 9.84 Å². The number of cyclic esters (lactones) is 1. The molecule has 0 aromatic carbocycles. The summed E-state index contributed by atoms with van der Waals surface area (Å²) in [5, 5.41) is 6.89. The van der Waals surface area contributed by atoms with Gasteiger partial charge in [0, 0.05) is 6.42 Å². The number of ether oxygens (including phenoxy) is 1. The molecule has 0 aromatic heterocycles. The van der Waals surface area contributed by atoms with E-state index >= 15 is 0 Å². The smallest absolute Gasteiger partial charge is 0.312 e. The number of hydrogen-bond acceptors (Lipinski definition) is 3. The molecule has 1 unspecified atom stereocenters. The SMILES string of the molecule is CCCC1CC2(CCC2)C(=O)O1.O=CO. The molecule has 86 valence electrons. The van der Waals surface area contributed by atoms with Crippen molar-refractivity contribution in [3.05, 3.63) is 0 Å². The maximum absolute atomic E-state index is 11.4. The summed E-state index contributed by atoms with van der Waals surface area (Å²) >= 11 is 0. The Morgan fingerprint density at radius 3 is 2.53 bits per heavy atom. The topological polar surface area (TPSA) is 63.6 Å². The Balaban J connectivity index is 0.000000337. The lowest BCUT2D eigenvalue weighted by Gasteiger charge is -2.33. The molecule has 1 aliphatic carbocycles. The average molecular weight is 214 g/mol. The lowest BCUT2D eigenvalue weighted by Crippen LogP contribution is -2.33. The first-order valence-electron chi connectivity index (χ1n) is 5.47. The van der Waals surface area contributed by atoms with Crippen LogP contribution in [0.4, 0.5) is 0 Å². The van der Waals surface area contributed by atoms with Gasteiger partial charge in [-0.05, 0) is 19.3 Å². The molecular formula is C11H18O4. The van der Waals surface area contributed by atoms with E-state index in [1.807, 2.05) is 0 Å². The van der Waals surface area contributed by atoms with Crippen LogP contribution in [0.25, 0.3) is 0 Å². The van der Waals surface area contributed by atoms with E-state index in [1.54, 1.807) is 0 Å². The lowest BCUT2D eigenvalue weighted by atomic mass is 9.67. The molecule has 0 amide bonds. The standard InChI is InChI=1S/C10H16O2.CH2O2/c1-2-4-8-7-10(5-3-6-10)9(11)12-8;2-1-3/h8H,2-7H2,1H3;1H,(H,2,3). The second kappa shape index (κ2) is 5.14. The van der Waals surface area contributed by atoms with Crippen LogP contribution in [0.15, 0.2) is 0 Å². The average Bonchev–Trinajstić information content (AvgIpc) is 2.44. The molecule has 2 aliphatic rings. The zero-order valence-corrected chi connectivity index (χ0v) is 9.07. The summed E-state index contributed by atoms with van der Waals surface area (Å²) in [7, 11) is 0. The third-order valence-corrected chi connectivity index (χ3v) is 3.25. The van der Waals surface area contributed by atoms with Crippen LogP contribution in [0.2, 0.25) is 0 Å². The molecule has 15 heavy (non-hydrogen) atoms. The molecule has 1 saturated carbocycles. The van der Waals surface area contributed by atoms with E-state index in [1.165, 1.54) is 6.42 Å². The summed E-state index contributed by atoms with van der Waals surface area (Å²) in [4.78, 5) is 19.8. The highest BCUT2D eigenvalue weighted by Crippen LogP contribution is 2.50. The van der Waals surface area contributed by atoms with Crippen LogP contribution in [0, 0.1) is 5.41 Å². The Bertz CT molecular complexity index is 233. The summed E-state index contributed by atoms with van der Waals surface area (Å²) in [6.07, 6.45) is 6.77.